The predicted molar refractivity (Wildman–Crippen MR) is 103 cm³/mol. The highest BCUT2D eigenvalue weighted by atomic mass is 16.6. The Hall–Kier alpha value is -2.62. The maximum absolute atomic E-state index is 12.9. The zero-order chi connectivity index (χ0) is 19.3. The molecule has 4 nitrogen and oxygen atoms in total. The molecular formula is C23H26O4. The Morgan fingerprint density at radius 2 is 1.52 bits per heavy atom. The lowest BCUT2D eigenvalue weighted by molar-refractivity contribution is -0.172. The molecule has 1 aliphatic carbocycles. The third-order valence-electron chi connectivity index (χ3n) is 5.32. The van der Waals surface area contributed by atoms with Crippen LogP contribution in [0.25, 0.3) is 0 Å². The van der Waals surface area contributed by atoms with Crippen molar-refractivity contribution < 1.29 is 19.1 Å². The van der Waals surface area contributed by atoms with Crippen molar-refractivity contribution in [2.45, 2.75) is 39.0 Å². The van der Waals surface area contributed by atoms with E-state index in [0.29, 0.717) is 19.3 Å². The molecule has 0 radical (unpaired) electrons. The SMILES string of the molecule is CCOC(=O)C1(C(=O)OCC)CCC(c2ccccc2)c2ccccc2C1. The zero-order valence-electron chi connectivity index (χ0n) is 15.9. The molecule has 1 unspecified atom stereocenters. The van der Waals surface area contributed by atoms with E-state index in [4.69, 9.17) is 9.47 Å². The molecule has 0 N–H and O–H groups in total. The normalized spacial score (nSPS) is 18.1. The molecule has 0 spiro atoms. The van der Waals surface area contributed by atoms with Gasteiger partial charge in [-0.1, -0.05) is 54.6 Å². The van der Waals surface area contributed by atoms with Crippen LogP contribution < -0.4 is 0 Å². The average Bonchev–Trinajstić information content (AvgIpc) is 2.87. The van der Waals surface area contributed by atoms with Crippen LogP contribution >= 0.6 is 0 Å². The van der Waals surface area contributed by atoms with Gasteiger partial charge in [-0.25, -0.2) is 0 Å². The van der Waals surface area contributed by atoms with Crippen LogP contribution in [0.15, 0.2) is 54.6 Å². The van der Waals surface area contributed by atoms with Crippen molar-refractivity contribution in [1.82, 2.24) is 0 Å². The fourth-order valence-corrected chi connectivity index (χ4v) is 4.00. The molecule has 1 atom stereocenters. The van der Waals surface area contributed by atoms with E-state index >= 15 is 0 Å². The standard InChI is InChI=1S/C23H26O4/c1-3-26-21(24)23(22(25)27-4-2)15-14-20(17-10-6-5-7-11-17)19-13-9-8-12-18(19)16-23/h5-13,20H,3-4,14-16H2,1-2H3. The minimum Gasteiger partial charge on any atom is -0.465 e. The average molecular weight is 366 g/mol. The molecule has 0 amide bonds. The van der Waals surface area contributed by atoms with Crippen LogP contribution in [0.1, 0.15) is 49.3 Å². The van der Waals surface area contributed by atoms with Gasteiger partial charge in [-0.3, -0.25) is 9.59 Å². The number of hydrogen-bond acceptors (Lipinski definition) is 4. The molecule has 0 saturated heterocycles. The number of fused-ring (bicyclic) bond motifs is 1. The van der Waals surface area contributed by atoms with Gasteiger partial charge in [0.25, 0.3) is 0 Å². The van der Waals surface area contributed by atoms with Crippen LogP contribution in [0, 0.1) is 5.41 Å². The molecule has 1 aliphatic rings. The topological polar surface area (TPSA) is 52.6 Å². The van der Waals surface area contributed by atoms with Gasteiger partial charge in [0.1, 0.15) is 0 Å². The molecule has 0 fully saturated rings. The fraction of sp³-hybridized carbons (Fsp3) is 0.391. The lowest BCUT2D eigenvalue weighted by Gasteiger charge is -2.28. The molecule has 0 heterocycles. The van der Waals surface area contributed by atoms with E-state index in [9.17, 15) is 9.59 Å². The smallest absolute Gasteiger partial charge is 0.323 e. The molecule has 2 aromatic rings. The molecule has 3 rings (SSSR count). The van der Waals surface area contributed by atoms with Crippen LogP contribution in [-0.4, -0.2) is 25.2 Å². The second kappa shape index (κ2) is 8.38. The molecule has 0 aromatic heterocycles. The van der Waals surface area contributed by atoms with Crippen molar-refractivity contribution in [3.8, 4) is 0 Å². The van der Waals surface area contributed by atoms with E-state index in [-0.39, 0.29) is 19.1 Å². The maximum atomic E-state index is 12.9. The van der Waals surface area contributed by atoms with Crippen LogP contribution in [0.3, 0.4) is 0 Å². The van der Waals surface area contributed by atoms with Gasteiger partial charge >= 0.3 is 11.9 Å². The monoisotopic (exact) mass is 366 g/mol. The Labute approximate surface area is 160 Å². The Morgan fingerprint density at radius 1 is 0.926 bits per heavy atom. The van der Waals surface area contributed by atoms with Gasteiger partial charge in [0.15, 0.2) is 5.41 Å². The summed E-state index contributed by atoms with van der Waals surface area (Å²) in [5.41, 5.74) is 2.07. The van der Waals surface area contributed by atoms with Crippen LogP contribution in [-0.2, 0) is 25.5 Å². The van der Waals surface area contributed by atoms with E-state index < -0.39 is 17.4 Å². The van der Waals surface area contributed by atoms with Gasteiger partial charge in [-0.2, -0.15) is 0 Å². The molecular weight excluding hydrogens is 340 g/mol. The summed E-state index contributed by atoms with van der Waals surface area (Å²) in [6.45, 7) is 4.00. The molecule has 0 aliphatic heterocycles. The maximum Gasteiger partial charge on any atom is 0.323 e. The summed E-state index contributed by atoms with van der Waals surface area (Å²) in [5, 5.41) is 0. The third kappa shape index (κ3) is 3.75. The number of ether oxygens (including phenoxy) is 2. The van der Waals surface area contributed by atoms with Crippen molar-refractivity contribution in [3.05, 3.63) is 71.3 Å². The van der Waals surface area contributed by atoms with Crippen LogP contribution in [0.5, 0.6) is 0 Å². The lowest BCUT2D eigenvalue weighted by atomic mass is 9.78. The Balaban J connectivity index is 2.08. The Morgan fingerprint density at radius 3 is 2.15 bits per heavy atom. The first-order valence-electron chi connectivity index (χ1n) is 9.59. The second-order valence-electron chi connectivity index (χ2n) is 6.90. The highest BCUT2D eigenvalue weighted by Gasteiger charge is 2.50. The number of carbonyl (C=O) groups is 2. The van der Waals surface area contributed by atoms with E-state index in [1.54, 1.807) is 13.8 Å². The van der Waals surface area contributed by atoms with Crippen molar-refractivity contribution in [2.75, 3.05) is 13.2 Å². The van der Waals surface area contributed by atoms with E-state index in [1.807, 2.05) is 36.4 Å². The lowest BCUT2D eigenvalue weighted by Crippen LogP contribution is -2.43. The summed E-state index contributed by atoms with van der Waals surface area (Å²) in [7, 11) is 0. The zero-order valence-corrected chi connectivity index (χ0v) is 15.9. The van der Waals surface area contributed by atoms with Gasteiger partial charge in [0.05, 0.1) is 13.2 Å². The number of carbonyl (C=O) groups excluding carboxylic acids is 2. The van der Waals surface area contributed by atoms with Gasteiger partial charge in [-0.05, 0) is 49.8 Å². The van der Waals surface area contributed by atoms with Gasteiger partial charge in [-0.15, -0.1) is 0 Å². The molecule has 142 valence electrons. The van der Waals surface area contributed by atoms with Crippen molar-refractivity contribution in [3.63, 3.8) is 0 Å². The Bertz CT molecular complexity index is 779. The summed E-state index contributed by atoms with van der Waals surface area (Å²) in [6.07, 6.45) is 1.39. The van der Waals surface area contributed by atoms with E-state index in [1.165, 1.54) is 11.1 Å². The minimum atomic E-state index is -1.29. The van der Waals surface area contributed by atoms with Crippen LogP contribution in [0.4, 0.5) is 0 Å². The molecule has 27 heavy (non-hydrogen) atoms. The van der Waals surface area contributed by atoms with Gasteiger partial charge in [0.2, 0.25) is 0 Å². The number of rotatable bonds is 5. The first-order valence-corrected chi connectivity index (χ1v) is 9.59. The Kier molecular flexibility index (Phi) is 5.94. The fourth-order valence-electron chi connectivity index (χ4n) is 4.00. The van der Waals surface area contributed by atoms with Gasteiger partial charge < -0.3 is 9.47 Å². The van der Waals surface area contributed by atoms with Crippen molar-refractivity contribution >= 4 is 11.9 Å². The number of benzene rings is 2. The third-order valence-corrected chi connectivity index (χ3v) is 5.32. The highest BCUT2D eigenvalue weighted by Crippen LogP contribution is 2.43. The largest absolute Gasteiger partial charge is 0.465 e. The molecule has 2 aromatic carbocycles. The van der Waals surface area contributed by atoms with Gasteiger partial charge in [0, 0.05) is 5.92 Å². The quantitative estimate of drug-likeness (QED) is 0.451. The predicted octanol–water partition coefficient (Wildman–Crippen LogP) is 4.27. The summed E-state index contributed by atoms with van der Waals surface area (Å²) in [4.78, 5) is 25.8. The molecule has 0 saturated carbocycles. The number of esters is 2. The second-order valence-corrected chi connectivity index (χ2v) is 6.90. The van der Waals surface area contributed by atoms with Crippen molar-refractivity contribution in [2.24, 2.45) is 5.41 Å². The first kappa shape index (κ1) is 19.2. The summed E-state index contributed by atoms with van der Waals surface area (Å²) >= 11 is 0. The minimum absolute atomic E-state index is 0.133. The highest BCUT2D eigenvalue weighted by molar-refractivity contribution is 6.00. The van der Waals surface area contributed by atoms with E-state index in [0.717, 1.165) is 5.56 Å². The van der Waals surface area contributed by atoms with Crippen LogP contribution in [0.2, 0.25) is 0 Å². The molecule has 4 heteroatoms. The number of hydrogen-bond donors (Lipinski definition) is 0. The van der Waals surface area contributed by atoms with Crippen molar-refractivity contribution in [1.29, 1.82) is 0 Å². The summed E-state index contributed by atoms with van der Waals surface area (Å²) < 4.78 is 10.6. The summed E-state index contributed by atoms with van der Waals surface area (Å²) in [5.74, 6) is -0.827. The molecule has 0 bridgehead atoms. The first-order chi connectivity index (χ1) is 13.1. The summed E-state index contributed by atoms with van der Waals surface area (Å²) in [6, 6.07) is 18.3. The van der Waals surface area contributed by atoms with E-state index in [2.05, 4.69) is 18.2 Å².